The van der Waals surface area contributed by atoms with E-state index in [1.165, 1.54) is 11.8 Å². The molecule has 4 aromatic rings. The van der Waals surface area contributed by atoms with Crippen LogP contribution in [0.3, 0.4) is 0 Å². The normalized spacial score (nSPS) is 13.0. The highest BCUT2D eigenvalue weighted by Gasteiger charge is 2.16. The first-order valence-corrected chi connectivity index (χ1v) is 11.7. The van der Waals surface area contributed by atoms with E-state index in [0.29, 0.717) is 52.7 Å². The Morgan fingerprint density at radius 2 is 1.88 bits per heavy atom. The SMILES string of the molecule is Cc1cc(C)n2nc(SCc3ccccc3C(=O)Nc3ccc4c(c3)OCCCO4)nc2n1. The zero-order valence-corrected chi connectivity index (χ0v) is 19.2. The lowest BCUT2D eigenvalue weighted by atomic mass is 10.1. The van der Waals surface area contributed by atoms with Crippen molar-refractivity contribution in [2.75, 3.05) is 18.5 Å². The molecule has 2 aromatic heterocycles. The van der Waals surface area contributed by atoms with Crippen LogP contribution in [0.15, 0.2) is 53.7 Å². The van der Waals surface area contributed by atoms with E-state index in [0.717, 1.165) is 23.4 Å². The van der Waals surface area contributed by atoms with Crippen LogP contribution in [-0.4, -0.2) is 38.7 Å². The fraction of sp³-hybridized carbons (Fsp3) is 0.250. The molecule has 8 nitrogen and oxygen atoms in total. The summed E-state index contributed by atoms with van der Waals surface area (Å²) < 4.78 is 13.1. The summed E-state index contributed by atoms with van der Waals surface area (Å²) in [7, 11) is 0. The number of thioether (sulfide) groups is 1. The van der Waals surface area contributed by atoms with Crippen LogP contribution >= 0.6 is 11.8 Å². The third-order valence-corrected chi connectivity index (χ3v) is 6.11. The number of aryl methyl sites for hydroxylation is 2. The minimum absolute atomic E-state index is 0.184. The molecule has 5 rings (SSSR count). The number of anilines is 1. The second-order valence-electron chi connectivity index (χ2n) is 7.76. The van der Waals surface area contributed by atoms with Gasteiger partial charge in [0, 0.05) is 40.9 Å². The Morgan fingerprint density at radius 3 is 2.76 bits per heavy atom. The predicted molar refractivity (Wildman–Crippen MR) is 126 cm³/mol. The molecule has 0 saturated heterocycles. The first-order valence-electron chi connectivity index (χ1n) is 10.7. The number of rotatable bonds is 5. The van der Waals surface area contributed by atoms with E-state index in [9.17, 15) is 4.79 Å². The molecule has 1 N–H and O–H groups in total. The molecule has 2 aromatic carbocycles. The lowest BCUT2D eigenvalue weighted by Gasteiger charge is -2.12. The number of aromatic nitrogens is 4. The molecule has 0 aliphatic carbocycles. The predicted octanol–water partition coefficient (Wildman–Crippen LogP) is 4.45. The van der Waals surface area contributed by atoms with Gasteiger partial charge in [-0.3, -0.25) is 4.79 Å². The van der Waals surface area contributed by atoms with Crippen molar-refractivity contribution in [3.63, 3.8) is 0 Å². The molecule has 1 amide bonds. The fourth-order valence-corrected chi connectivity index (χ4v) is 4.48. The molecule has 168 valence electrons. The molecule has 1 aliphatic heterocycles. The van der Waals surface area contributed by atoms with Gasteiger partial charge in [0.15, 0.2) is 11.5 Å². The monoisotopic (exact) mass is 461 g/mol. The number of benzene rings is 2. The third kappa shape index (κ3) is 4.63. The van der Waals surface area contributed by atoms with E-state index in [-0.39, 0.29) is 5.91 Å². The Hall–Kier alpha value is -3.59. The number of fused-ring (bicyclic) bond motifs is 2. The minimum atomic E-state index is -0.184. The molecule has 0 atom stereocenters. The topological polar surface area (TPSA) is 90.6 Å². The number of nitrogens with one attached hydrogen (secondary N) is 1. The van der Waals surface area contributed by atoms with E-state index in [1.54, 1.807) is 10.6 Å². The van der Waals surface area contributed by atoms with Crippen molar-refractivity contribution >= 4 is 29.1 Å². The summed E-state index contributed by atoms with van der Waals surface area (Å²) in [4.78, 5) is 22.0. The van der Waals surface area contributed by atoms with Gasteiger partial charge in [0.1, 0.15) is 0 Å². The highest BCUT2D eigenvalue weighted by Crippen LogP contribution is 2.32. The van der Waals surface area contributed by atoms with Gasteiger partial charge in [-0.15, -0.1) is 5.10 Å². The minimum Gasteiger partial charge on any atom is -0.490 e. The summed E-state index contributed by atoms with van der Waals surface area (Å²) >= 11 is 1.47. The fourth-order valence-electron chi connectivity index (χ4n) is 3.66. The van der Waals surface area contributed by atoms with Crippen molar-refractivity contribution < 1.29 is 14.3 Å². The van der Waals surface area contributed by atoms with Crippen molar-refractivity contribution in [3.8, 4) is 11.5 Å². The van der Waals surface area contributed by atoms with Gasteiger partial charge in [0.2, 0.25) is 5.16 Å². The standard InChI is InChI=1S/C24H23N5O3S/c1-15-12-16(2)29-23(25-15)27-24(28-29)33-14-17-6-3-4-7-19(17)22(30)26-18-8-9-20-21(13-18)32-11-5-10-31-20/h3-4,6-9,12-13H,5,10-11,14H2,1-2H3,(H,26,30). The summed E-state index contributed by atoms with van der Waals surface area (Å²) in [6.07, 6.45) is 0.831. The van der Waals surface area contributed by atoms with Crippen LogP contribution in [0, 0.1) is 13.8 Å². The van der Waals surface area contributed by atoms with Gasteiger partial charge in [-0.2, -0.15) is 4.98 Å². The van der Waals surface area contributed by atoms with Gasteiger partial charge in [-0.1, -0.05) is 30.0 Å². The van der Waals surface area contributed by atoms with Crippen LogP contribution in [0.4, 0.5) is 5.69 Å². The van der Waals surface area contributed by atoms with Gasteiger partial charge in [0.25, 0.3) is 11.7 Å². The van der Waals surface area contributed by atoms with Crippen molar-refractivity contribution in [1.82, 2.24) is 19.6 Å². The molecule has 0 unspecified atom stereocenters. The molecule has 0 radical (unpaired) electrons. The maximum atomic E-state index is 13.1. The van der Waals surface area contributed by atoms with Crippen LogP contribution in [0.5, 0.6) is 11.5 Å². The highest BCUT2D eigenvalue weighted by molar-refractivity contribution is 7.98. The average molecular weight is 462 g/mol. The summed E-state index contributed by atoms with van der Waals surface area (Å²) in [6, 6.07) is 15.0. The number of hydrogen-bond donors (Lipinski definition) is 1. The molecule has 9 heteroatoms. The van der Waals surface area contributed by atoms with Crippen LogP contribution in [0.25, 0.3) is 5.78 Å². The summed E-state index contributed by atoms with van der Waals surface area (Å²) in [6.45, 7) is 5.13. The molecular formula is C24H23N5O3S. The molecule has 0 saturated carbocycles. The molecule has 33 heavy (non-hydrogen) atoms. The van der Waals surface area contributed by atoms with Crippen molar-refractivity contribution in [3.05, 3.63) is 71.0 Å². The average Bonchev–Trinajstić information content (AvgIpc) is 3.07. The number of hydrogen-bond acceptors (Lipinski definition) is 7. The molecule has 0 bridgehead atoms. The Morgan fingerprint density at radius 1 is 1.06 bits per heavy atom. The quantitative estimate of drug-likeness (QED) is 0.439. The first kappa shape index (κ1) is 21.3. The van der Waals surface area contributed by atoms with Crippen LogP contribution in [0.2, 0.25) is 0 Å². The van der Waals surface area contributed by atoms with Crippen molar-refractivity contribution in [2.24, 2.45) is 0 Å². The van der Waals surface area contributed by atoms with E-state index in [1.807, 2.05) is 56.3 Å². The molecule has 1 aliphatic rings. The number of amides is 1. The second kappa shape index (κ2) is 9.11. The smallest absolute Gasteiger partial charge is 0.255 e. The van der Waals surface area contributed by atoms with Gasteiger partial charge in [0.05, 0.1) is 13.2 Å². The number of carbonyl (C=O) groups is 1. The summed E-state index contributed by atoms with van der Waals surface area (Å²) in [5.41, 5.74) is 4.04. The van der Waals surface area contributed by atoms with E-state index in [4.69, 9.17) is 9.47 Å². The van der Waals surface area contributed by atoms with Crippen molar-refractivity contribution in [2.45, 2.75) is 31.2 Å². The Labute approximate surface area is 195 Å². The van der Waals surface area contributed by atoms with Gasteiger partial charge < -0.3 is 14.8 Å². The van der Waals surface area contributed by atoms with E-state index < -0.39 is 0 Å². The lowest BCUT2D eigenvalue weighted by molar-refractivity contribution is 0.102. The van der Waals surface area contributed by atoms with Crippen LogP contribution in [-0.2, 0) is 5.75 Å². The largest absolute Gasteiger partial charge is 0.490 e. The zero-order chi connectivity index (χ0) is 22.8. The Kier molecular flexibility index (Phi) is 5.87. The summed E-state index contributed by atoms with van der Waals surface area (Å²) in [5, 5.41) is 8.13. The van der Waals surface area contributed by atoms with Crippen molar-refractivity contribution in [1.29, 1.82) is 0 Å². The lowest BCUT2D eigenvalue weighted by Crippen LogP contribution is -2.14. The molecular weight excluding hydrogens is 438 g/mol. The molecule has 0 fully saturated rings. The van der Waals surface area contributed by atoms with Gasteiger partial charge in [-0.25, -0.2) is 9.50 Å². The number of nitrogens with zero attached hydrogens (tertiary/aromatic N) is 4. The number of carbonyl (C=O) groups excluding carboxylic acids is 1. The van der Waals surface area contributed by atoms with E-state index >= 15 is 0 Å². The zero-order valence-electron chi connectivity index (χ0n) is 18.4. The Bertz CT molecular complexity index is 1340. The van der Waals surface area contributed by atoms with Crippen LogP contribution in [0.1, 0.15) is 33.7 Å². The van der Waals surface area contributed by atoms with Gasteiger partial charge in [-0.05, 0) is 43.7 Å². The first-order chi connectivity index (χ1) is 16.1. The van der Waals surface area contributed by atoms with Crippen LogP contribution < -0.4 is 14.8 Å². The van der Waals surface area contributed by atoms with E-state index in [2.05, 4.69) is 20.4 Å². The maximum absolute atomic E-state index is 13.1. The highest BCUT2D eigenvalue weighted by atomic mass is 32.2. The number of ether oxygens (including phenoxy) is 2. The maximum Gasteiger partial charge on any atom is 0.255 e. The van der Waals surface area contributed by atoms with Gasteiger partial charge >= 0.3 is 0 Å². The Balaban J connectivity index is 1.32. The summed E-state index contributed by atoms with van der Waals surface area (Å²) in [5.74, 6) is 2.29. The molecule has 3 heterocycles. The molecule has 0 spiro atoms. The second-order valence-corrected chi connectivity index (χ2v) is 8.70. The third-order valence-electron chi connectivity index (χ3n) is 5.22.